The van der Waals surface area contributed by atoms with E-state index in [1.807, 2.05) is 13.8 Å². The van der Waals surface area contributed by atoms with Gasteiger partial charge in [-0.2, -0.15) is 0 Å². The van der Waals surface area contributed by atoms with E-state index in [1.54, 1.807) is 35.0 Å². The van der Waals surface area contributed by atoms with Gasteiger partial charge in [0.05, 0.1) is 17.6 Å². The van der Waals surface area contributed by atoms with Crippen LogP contribution in [0.2, 0.25) is 0 Å². The number of rotatable bonds is 2. The number of fused-ring (bicyclic) bond motifs is 2. The third kappa shape index (κ3) is 2.31. The first-order valence-electron chi connectivity index (χ1n) is 8.06. The molecule has 0 saturated heterocycles. The molecular formula is C19H16F2N4O. The lowest BCUT2D eigenvalue weighted by Gasteiger charge is -2.30. The molecule has 1 aliphatic heterocycles. The van der Waals surface area contributed by atoms with Crippen LogP contribution in [-0.2, 0) is 4.84 Å². The van der Waals surface area contributed by atoms with Crippen molar-refractivity contribution < 1.29 is 13.6 Å². The minimum Gasteiger partial charge on any atom is -0.399 e. The number of aromatic nitrogens is 2. The third-order valence-corrected chi connectivity index (χ3v) is 4.39. The van der Waals surface area contributed by atoms with Gasteiger partial charge in [0.2, 0.25) is 0 Å². The minimum absolute atomic E-state index is 0.192. The van der Waals surface area contributed by atoms with Crippen LogP contribution in [0.1, 0.15) is 30.7 Å². The number of hydrogen-bond acceptors (Lipinski definition) is 4. The molecule has 3 aromatic rings. The van der Waals surface area contributed by atoms with Gasteiger partial charge in [0, 0.05) is 17.3 Å². The van der Waals surface area contributed by atoms with Gasteiger partial charge in [-0.3, -0.25) is 9.39 Å². The second-order valence-electron chi connectivity index (χ2n) is 6.50. The van der Waals surface area contributed by atoms with Crippen molar-refractivity contribution in [1.29, 1.82) is 0 Å². The van der Waals surface area contributed by atoms with Crippen molar-refractivity contribution in [3.63, 3.8) is 0 Å². The van der Waals surface area contributed by atoms with Gasteiger partial charge in [0.1, 0.15) is 24.2 Å². The number of oxime groups is 1. The summed E-state index contributed by atoms with van der Waals surface area (Å²) in [5, 5.41) is 4.02. The summed E-state index contributed by atoms with van der Waals surface area (Å²) in [7, 11) is 1.41. The molecule has 1 aliphatic rings. The zero-order valence-corrected chi connectivity index (χ0v) is 14.5. The number of benzene rings is 1. The second kappa shape index (κ2) is 5.72. The molecule has 0 saturated carbocycles. The summed E-state index contributed by atoms with van der Waals surface area (Å²) in [6.07, 6.45) is 3.24. The Morgan fingerprint density at radius 2 is 1.88 bits per heavy atom. The van der Waals surface area contributed by atoms with Crippen molar-refractivity contribution in [2.75, 3.05) is 7.11 Å². The first-order valence-corrected chi connectivity index (χ1v) is 8.06. The number of halogens is 2. The summed E-state index contributed by atoms with van der Waals surface area (Å²) in [6, 6.07) is 7.67. The molecule has 0 aliphatic carbocycles. The molecule has 0 atom stereocenters. The molecule has 7 heteroatoms. The molecule has 0 unspecified atom stereocenters. The van der Waals surface area contributed by atoms with Crippen LogP contribution < -0.4 is 0 Å². The SMILES string of the molecule is CON=C1c2c(F)cccc2C(c2cnc3c(F)cccn23)=NC1(C)C. The Bertz CT molecular complexity index is 1080. The van der Waals surface area contributed by atoms with Crippen LogP contribution in [0.25, 0.3) is 5.65 Å². The molecular weight excluding hydrogens is 338 g/mol. The molecule has 3 heterocycles. The van der Waals surface area contributed by atoms with Crippen LogP contribution >= 0.6 is 0 Å². The molecule has 0 radical (unpaired) electrons. The molecule has 0 spiro atoms. The number of pyridine rings is 1. The number of hydrogen-bond donors (Lipinski definition) is 0. The van der Waals surface area contributed by atoms with Crippen LogP contribution in [0.4, 0.5) is 8.78 Å². The maximum atomic E-state index is 14.7. The van der Waals surface area contributed by atoms with Gasteiger partial charge in [-0.25, -0.2) is 13.8 Å². The van der Waals surface area contributed by atoms with Crippen molar-refractivity contribution in [2.45, 2.75) is 19.4 Å². The Morgan fingerprint density at radius 3 is 2.65 bits per heavy atom. The minimum atomic E-state index is -0.835. The lowest BCUT2D eigenvalue weighted by Crippen LogP contribution is -2.38. The average Bonchev–Trinajstić information content (AvgIpc) is 3.03. The van der Waals surface area contributed by atoms with E-state index in [0.717, 1.165) is 0 Å². The Hall–Kier alpha value is -3.09. The lowest BCUT2D eigenvalue weighted by molar-refractivity contribution is 0.211. The molecule has 132 valence electrons. The summed E-state index contributed by atoms with van der Waals surface area (Å²) in [6.45, 7) is 3.65. The van der Waals surface area contributed by atoms with Crippen molar-refractivity contribution in [3.8, 4) is 0 Å². The highest BCUT2D eigenvalue weighted by atomic mass is 19.1. The van der Waals surface area contributed by atoms with Crippen molar-refractivity contribution in [3.05, 3.63) is 71.2 Å². The Balaban J connectivity index is 2.05. The van der Waals surface area contributed by atoms with E-state index < -0.39 is 17.2 Å². The molecule has 2 aromatic heterocycles. The van der Waals surface area contributed by atoms with E-state index in [1.165, 1.54) is 19.2 Å². The van der Waals surface area contributed by atoms with Gasteiger partial charge in [0.15, 0.2) is 11.5 Å². The van der Waals surface area contributed by atoms with Crippen molar-refractivity contribution >= 4 is 17.1 Å². The summed E-state index contributed by atoms with van der Waals surface area (Å²) < 4.78 is 30.3. The van der Waals surface area contributed by atoms with Gasteiger partial charge >= 0.3 is 0 Å². The van der Waals surface area contributed by atoms with Crippen LogP contribution in [0.15, 0.2) is 52.9 Å². The fourth-order valence-corrected chi connectivity index (χ4v) is 3.26. The highest BCUT2D eigenvalue weighted by Gasteiger charge is 2.37. The quantitative estimate of drug-likeness (QED) is 0.661. The smallest absolute Gasteiger partial charge is 0.173 e. The van der Waals surface area contributed by atoms with Crippen LogP contribution in [0.3, 0.4) is 0 Å². The highest BCUT2D eigenvalue weighted by Crippen LogP contribution is 2.32. The fourth-order valence-electron chi connectivity index (χ4n) is 3.26. The largest absolute Gasteiger partial charge is 0.399 e. The Labute approximate surface area is 148 Å². The topological polar surface area (TPSA) is 51.2 Å². The summed E-state index contributed by atoms with van der Waals surface area (Å²) in [5.41, 5.74) is 1.75. The van der Waals surface area contributed by atoms with Crippen molar-refractivity contribution in [2.24, 2.45) is 10.1 Å². The maximum Gasteiger partial charge on any atom is 0.173 e. The predicted octanol–water partition coefficient (Wildman–Crippen LogP) is 3.59. The molecule has 0 bridgehead atoms. The Kier molecular flexibility index (Phi) is 3.61. The van der Waals surface area contributed by atoms with E-state index in [2.05, 4.69) is 10.1 Å². The van der Waals surface area contributed by atoms with Gasteiger partial charge in [-0.15, -0.1) is 0 Å². The normalized spacial score (nSPS) is 17.3. The second-order valence-corrected chi connectivity index (χ2v) is 6.50. The molecule has 0 N–H and O–H groups in total. The van der Waals surface area contributed by atoms with Crippen molar-refractivity contribution in [1.82, 2.24) is 9.38 Å². The Morgan fingerprint density at radius 1 is 1.12 bits per heavy atom. The molecule has 1 aromatic carbocycles. The number of aliphatic imine (C=N–C) groups is 1. The summed E-state index contributed by atoms with van der Waals surface area (Å²) in [5.74, 6) is -0.853. The van der Waals surface area contributed by atoms with E-state index in [-0.39, 0.29) is 5.65 Å². The summed E-state index contributed by atoms with van der Waals surface area (Å²) in [4.78, 5) is 13.9. The van der Waals surface area contributed by atoms with Gasteiger partial charge < -0.3 is 4.84 Å². The molecule has 0 amide bonds. The van der Waals surface area contributed by atoms with Crippen LogP contribution in [-0.4, -0.2) is 33.5 Å². The monoisotopic (exact) mass is 354 g/mol. The summed E-state index contributed by atoms with van der Waals surface area (Å²) >= 11 is 0. The van der Waals surface area contributed by atoms with Gasteiger partial charge in [-0.1, -0.05) is 17.3 Å². The standard InChI is InChI=1S/C19H16F2N4O/c1-19(2)17(24-26-3)15-11(6-4-7-12(15)20)16(23-19)14-10-22-18-13(21)8-5-9-25(14)18/h4-10H,1-3H3. The number of imidazole rings is 1. The zero-order valence-electron chi connectivity index (χ0n) is 14.5. The van der Waals surface area contributed by atoms with E-state index in [4.69, 9.17) is 9.83 Å². The lowest BCUT2D eigenvalue weighted by atomic mass is 9.84. The van der Waals surface area contributed by atoms with Gasteiger partial charge in [0.25, 0.3) is 0 Å². The van der Waals surface area contributed by atoms with E-state index in [0.29, 0.717) is 28.2 Å². The van der Waals surface area contributed by atoms with Gasteiger partial charge in [-0.05, 0) is 32.0 Å². The highest BCUT2D eigenvalue weighted by molar-refractivity contribution is 6.24. The average molecular weight is 354 g/mol. The molecule has 0 fully saturated rings. The third-order valence-electron chi connectivity index (χ3n) is 4.39. The number of nitrogens with zero attached hydrogens (tertiary/aromatic N) is 4. The fraction of sp³-hybridized carbons (Fsp3) is 0.211. The van der Waals surface area contributed by atoms with E-state index >= 15 is 0 Å². The first kappa shape index (κ1) is 16.4. The molecule has 5 nitrogen and oxygen atoms in total. The predicted molar refractivity (Wildman–Crippen MR) is 94.8 cm³/mol. The first-order chi connectivity index (χ1) is 12.4. The molecule has 4 rings (SSSR count). The van der Waals surface area contributed by atoms with Crippen LogP contribution in [0, 0.1) is 11.6 Å². The zero-order chi connectivity index (χ0) is 18.5. The molecule has 26 heavy (non-hydrogen) atoms. The van der Waals surface area contributed by atoms with Crippen LogP contribution in [0.5, 0.6) is 0 Å². The maximum absolute atomic E-state index is 14.7. The van der Waals surface area contributed by atoms with E-state index in [9.17, 15) is 8.78 Å².